The van der Waals surface area contributed by atoms with Gasteiger partial charge in [0, 0.05) is 40.8 Å². The monoisotopic (exact) mass is 511 g/mol. The van der Waals surface area contributed by atoms with Gasteiger partial charge >= 0.3 is 0 Å². The number of phenols is 1. The molecular weight excluding hydrogens is 485 g/mol. The number of phenolic OH excluding ortho intramolecular Hbond substituents is 1. The molecule has 1 unspecified atom stereocenters. The largest absolute Gasteiger partial charge is 0.506 e. The Kier molecular flexibility index (Phi) is 7.68. The molecule has 35 heavy (non-hydrogen) atoms. The van der Waals surface area contributed by atoms with Crippen molar-refractivity contribution in [3.63, 3.8) is 0 Å². The van der Waals surface area contributed by atoms with Crippen molar-refractivity contribution in [1.29, 1.82) is 0 Å². The predicted octanol–water partition coefficient (Wildman–Crippen LogP) is 7.52. The molecule has 182 valence electrons. The molecule has 0 bridgehead atoms. The second kappa shape index (κ2) is 10.7. The summed E-state index contributed by atoms with van der Waals surface area (Å²) >= 11 is 12.4. The van der Waals surface area contributed by atoms with Gasteiger partial charge in [-0.2, -0.15) is 0 Å². The number of halogens is 2. The summed E-state index contributed by atoms with van der Waals surface area (Å²) in [6, 6.07) is 13.2. The van der Waals surface area contributed by atoms with Gasteiger partial charge in [0.05, 0.1) is 10.0 Å². The number of rotatable bonds is 8. The molecule has 1 amide bonds. The van der Waals surface area contributed by atoms with Crippen molar-refractivity contribution in [2.24, 2.45) is 5.92 Å². The highest BCUT2D eigenvalue weighted by Gasteiger charge is 2.21. The number of amides is 1. The molecule has 1 atom stereocenters. The molecule has 2 aliphatic rings. The lowest BCUT2D eigenvalue weighted by molar-refractivity contribution is 0.0946. The highest BCUT2D eigenvalue weighted by atomic mass is 35.5. The smallest absolute Gasteiger partial charge is 0.251 e. The SMILES string of the molecule is CCCCC(CC)CNC(=O)c1ccc(-c2c3cc(Cl)c(=O)cc-3oc3cc(O)c(Cl)cc23)cc1. The number of fused-ring (bicyclic) bond motifs is 2. The van der Waals surface area contributed by atoms with E-state index in [9.17, 15) is 14.7 Å². The molecular formula is C28H27Cl2NO4. The summed E-state index contributed by atoms with van der Waals surface area (Å²) < 4.78 is 5.89. The lowest BCUT2D eigenvalue weighted by Gasteiger charge is -2.17. The van der Waals surface area contributed by atoms with E-state index < -0.39 is 0 Å². The lowest BCUT2D eigenvalue weighted by Crippen LogP contribution is -2.29. The molecule has 0 spiro atoms. The fourth-order valence-corrected chi connectivity index (χ4v) is 4.61. The van der Waals surface area contributed by atoms with E-state index in [1.807, 2.05) is 12.1 Å². The molecule has 5 nitrogen and oxygen atoms in total. The average Bonchev–Trinajstić information content (AvgIpc) is 2.85. The maximum absolute atomic E-state index is 12.8. The van der Waals surface area contributed by atoms with Gasteiger partial charge in [0.2, 0.25) is 5.43 Å². The lowest BCUT2D eigenvalue weighted by atomic mass is 9.93. The van der Waals surface area contributed by atoms with Gasteiger partial charge in [-0.05, 0) is 42.2 Å². The zero-order chi connectivity index (χ0) is 25.1. The number of benzene rings is 3. The maximum Gasteiger partial charge on any atom is 0.251 e. The van der Waals surface area contributed by atoms with Crippen molar-refractivity contribution in [1.82, 2.24) is 5.32 Å². The zero-order valence-corrected chi connectivity index (χ0v) is 21.2. The fourth-order valence-electron chi connectivity index (χ4n) is 4.28. The van der Waals surface area contributed by atoms with Gasteiger partial charge in [-0.25, -0.2) is 0 Å². The molecule has 0 saturated heterocycles. The second-order valence-electron chi connectivity index (χ2n) is 8.76. The minimum absolute atomic E-state index is 0.0720. The highest BCUT2D eigenvalue weighted by molar-refractivity contribution is 6.33. The van der Waals surface area contributed by atoms with Crippen molar-refractivity contribution >= 4 is 40.1 Å². The van der Waals surface area contributed by atoms with Crippen LogP contribution in [0.2, 0.25) is 10.0 Å². The Bertz CT molecular complexity index is 1400. The fraction of sp³-hybridized carbons (Fsp3) is 0.286. The number of unbranched alkanes of at least 4 members (excludes halogenated alkanes) is 1. The minimum atomic E-state index is -0.359. The molecule has 0 fully saturated rings. The number of aromatic hydroxyl groups is 1. The minimum Gasteiger partial charge on any atom is -0.506 e. The summed E-state index contributed by atoms with van der Waals surface area (Å²) in [4.78, 5) is 24.9. The normalized spacial score (nSPS) is 12.2. The summed E-state index contributed by atoms with van der Waals surface area (Å²) in [6.07, 6.45) is 4.45. The molecule has 0 saturated carbocycles. The van der Waals surface area contributed by atoms with Gasteiger partial charge in [-0.1, -0.05) is 68.4 Å². The Morgan fingerprint density at radius 2 is 1.80 bits per heavy atom. The average molecular weight is 512 g/mol. The Labute approximate surface area is 214 Å². The van der Waals surface area contributed by atoms with Crippen LogP contribution < -0.4 is 10.7 Å². The Hall–Kier alpha value is -3.02. The Morgan fingerprint density at radius 1 is 1.06 bits per heavy atom. The van der Waals surface area contributed by atoms with Gasteiger partial charge in [-0.15, -0.1) is 0 Å². The van der Waals surface area contributed by atoms with Crippen molar-refractivity contribution in [3.8, 4) is 28.2 Å². The molecule has 2 aromatic carbocycles. The van der Waals surface area contributed by atoms with Crippen LogP contribution in [0.5, 0.6) is 5.75 Å². The van der Waals surface area contributed by atoms with Gasteiger partial charge in [-0.3, -0.25) is 9.59 Å². The third kappa shape index (κ3) is 5.31. The first kappa shape index (κ1) is 25.1. The van der Waals surface area contributed by atoms with Crippen molar-refractivity contribution < 1.29 is 14.3 Å². The molecule has 7 heteroatoms. The molecule has 0 radical (unpaired) electrons. The molecule has 1 aliphatic heterocycles. The van der Waals surface area contributed by atoms with Crippen LogP contribution in [-0.2, 0) is 0 Å². The van der Waals surface area contributed by atoms with Crippen LogP contribution in [0.3, 0.4) is 0 Å². The molecule has 1 heterocycles. The van der Waals surface area contributed by atoms with Gasteiger partial charge < -0.3 is 14.8 Å². The summed E-state index contributed by atoms with van der Waals surface area (Å²) in [6.45, 7) is 4.98. The standard InChI is InChI=1S/C28H27Cl2NO4/c1-3-5-6-16(4-2)15-31-28(34)18-9-7-17(8-10-18)27-19-11-21(29)23(32)13-25(19)35-26-14-24(33)22(30)12-20(26)27/h7-14,16,32H,3-6,15H2,1-2H3,(H,31,34). The maximum atomic E-state index is 12.8. The second-order valence-corrected chi connectivity index (χ2v) is 9.57. The van der Waals surface area contributed by atoms with Crippen LogP contribution in [0.15, 0.2) is 57.7 Å². The van der Waals surface area contributed by atoms with E-state index in [-0.39, 0.29) is 27.1 Å². The number of carbonyl (C=O) groups is 1. The van der Waals surface area contributed by atoms with Gasteiger partial charge in [0.15, 0.2) is 0 Å². The topological polar surface area (TPSA) is 79.5 Å². The van der Waals surface area contributed by atoms with E-state index in [0.29, 0.717) is 40.3 Å². The van der Waals surface area contributed by atoms with E-state index in [4.69, 9.17) is 27.6 Å². The summed E-state index contributed by atoms with van der Waals surface area (Å²) in [5.41, 5.74) is 2.73. The van der Waals surface area contributed by atoms with E-state index in [1.165, 1.54) is 12.1 Å². The van der Waals surface area contributed by atoms with Crippen LogP contribution in [0.1, 0.15) is 49.9 Å². The Balaban J connectivity index is 1.72. The molecule has 4 rings (SSSR count). The van der Waals surface area contributed by atoms with Gasteiger partial charge in [0.25, 0.3) is 5.91 Å². The van der Waals surface area contributed by atoms with Crippen molar-refractivity contribution in [2.45, 2.75) is 39.5 Å². The quantitative estimate of drug-likeness (QED) is 0.239. The number of nitrogens with one attached hydrogen (secondary N) is 1. The van der Waals surface area contributed by atoms with E-state index in [2.05, 4.69) is 19.2 Å². The number of hydrogen-bond donors (Lipinski definition) is 2. The van der Waals surface area contributed by atoms with Crippen LogP contribution in [0, 0.1) is 5.92 Å². The highest BCUT2D eigenvalue weighted by Crippen LogP contribution is 2.43. The van der Waals surface area contributed by atoms with E-state index in [1.54, 1.807) is 24.3 Å². The summed E-state index contributed by atoms with van der Waals surface area (Å²) in [5.74, 6) is 0.570. The van der Waals surface area contributed by atoms with E-state index in [0.717, 1.165) is 36.8 Å². The molecule has 2 N–H and O–H groups in total. The first-order valence-electron chi connectivity index (χ1n) is 11.8. The van der Waals surface area contributed by atoms with Crippen LogP contribution in [0.25, 0.3) is 33.4 Å². The third-order valence-corrected chi connectivity index (χ3v) is 6.97. The van der Waals surface area contributed by atoms with Crippen LogP contribution in [-0.4, -0.2) is 17.6 Å². The van der Waals surface area contributed by atoms with Crippen LogP contribution in [0.4, 0.5) is 0 Å². The third-order valence-electron chi connectivity index (χ3n) is 6.37. The first-order chi connectivity index (χ1) is 16.8. The first-order valence-corrected chi connectivity index (χ1v) is 12.5. The number of carbonyl (C=O) groups excluding carboxylic acids is 1. The number of hydrogen-bond acceptors (Lipinski definition) is 4. The van der Waals surface area contributed by atoms with Crippen LogP contribution >= 0.6 is 23.2 Å². The summed E-state index contributed by atoms with van der Waals surface area (Å²) in [5, 5.41) is 14.0. The van der Waals surface area contributed by atoms with Crippen molar-refractivity contribution in [2.75, 3.05) is 6.54 Å². The Morgan fingerprint density at radius 3 is 2.49 bits per heavy atom. The molecule has 2 aromatic rings. The van der Waals surface area contributed by atoms with E-state index >= 15 is 0 Å². The predicted molar refractivity (Wildman–Crippen MR) is 142 cm³/mol. The zero-order valence-electron chi connectivity index (χ0n) is 19.7. The molecule has 1 aliphatic carbocycles. The summed E-state index contributed by atoms with van der Waals surface area (Å²) in [7, 11) is 0. The van der Waals surface area contributed by atoms with Crippen molar-refractivity contribution in [3.05, 3.63) is 74.4 Å². The van der Waals surface area contributed by atoms with Gasteiger partial charge in [0.1, 0.15) is 17.1 Å². The molecule has 0 aromatic heterocycles.